The Kier molecular flexibility index (Phi) is 4.40. The van der Waals surface area contributed by atoms with Gasteiger partial charge in [-0.3, -0.25) is 0 Å². The van der Waals surface area contributed by atoms with Crippen molar-refractivity contribution in [3.63, 3.8) is 0 Å². The van der Waals surface area contributed by atoms with Gasteiger partial charge >= 0.3 is 0 Å². The van der Waals surface area contributed by atoms with Crippen LogP contribution in [0.1, 0.15) is 16.8 Å². The number of benzene rings is 2. The average Bonchev–Trinajstić information content (AvgIpc) is 2.98. The second-order valence-electron chi connectivity index (χ2n) is 5.22. The molecule has 0 aliphatic carbocycles. The third-order valence-corrected chi connectivity index (χ3v) is 3.56. The van der Waals surface area contributed by atoms with Gasteiger partial charge < -0.3 is 9.30 Å². The zero-order valence-corrected chi connectivity index (χ0v) is 12.6. The van der Waals surface area contributed by atoms with Crippen LogP contribution in [0.5, 0.6) is 5.75 Å². The number of nitrogens with zero attached hydrogens (tertiary/aromatic N) is 1. The summed E-state index contributed by atoms with van der Waals surface area (Å²) in [5, 5.41) is 0. The maximum Gasteiger partial charge on any atom is 0.119 e. The van der Waals surface area contributed by atoms with Crippen LogP contribution >= 0.6 is 0 Å². The van der Waals surface area contributed by atoms with Gasteiger partial charge in [0.2, 0.25) is 0 Å². The number of rotatable bonds is 5. The van der Waals surface area contributed by atoms with Crippen molar-refractivity contribution < 1.29 is 4.74 Å². The molecule has 2 nitrogen and oxygen atoms in total. The van der Waals surface area contributed by atoms with Gasteiger partial charge in [0.05, 0.1) is 0 Å². The van der Waals surface area contributed by atoms with Crippen LogP contribution in [-0.2, 0) is 13.7 Å². The summed E-state index contributed by atoms with van der Waals surface area (Å²) in [7, 11) is 2.04. The normalized spacial score (nSPS) is 11.0. The van der Waals surface area contributed by atoms with Crippen LogP contribution in [0, 0.1) is 0 Å². The molecule has 0 aliphatic heterocycles. The lowest BCUT2D eigenvalue weighted by atomic mass is 10.2. The summed E-state index contributed by atoms with van der Waals surface area (Å²) in [4.78, 5) is 0. The third-order valence-electron chi connectivity index (χ3n) is 3.56. The van der Waals surface area contributed by atoms with E-state index in [0.717, 1.165) is 11.3 Å². The van der Waals surface area contributed by atoms with Crippen molar-refractivity contribution >= 4 is 12.2 Å². The van der Waals surface area contributed by atoms with Crippen molar-refractivity contribution in [1.29, 1.82) is 0 Å². The molecule has 22 heavy (non-hydrogen) atoms. The van der Waals surface area contributed by atoms with Gasteiger partial charge in [0.1, 0.15) is 12.4 Å². The molecule has 2 aromatic carbocycles. The molecule has 0 fully saturated rings. The zero-order chi connectivity index (χ0) is 15.2. The first-order valence-electron chi connectivity index (χ1n) is 7.37. The monoisotopic (exact) mass is 289 g/mol. The number of aromatic nitrogens is 1. The Morgan fingerprint density at radius 2 is 1.64 bits per heavy atom. The Morgan fingerprint density at radius 1 is 0.864 bits per heavy atom. The van der Waals surface area contributed by atoms with Gasteiger partial charge in [0, 0.05) is 18.9 Å². The highest BCUT2D eigenvalue weighted by Gasteiger charge is 1.96. The molecule has 0 saturated heterocycles. The summed E-state index contributed by atoms with van der Waals surface area (Å²) in [6, 6.07) is 22.5. The van der Waals surface area contributed by atoms with Crippen LogP contribution in [0.25, 0.3) is 12.2 Å². The molecule has 2 heteroatoms. The van der Waals surface area contributed by atoms with Gasteiger partial charge in [-0.1, -0.05) is 48.5 Å². The molecule has 0 radical (unpaired) electrons. The van der Waals surface area contributed by atoms with Crippen LogP contribution < -0.4 is 4.74 Å². The Hall–Kier alpha value is -2.74. The maximum absolute atomic E-state index is 5.79. The van der Waals surface area contributed by atoms with Crippen LogP contribution in [0.2, 0.25) is 0 Å². The fraction of sp³-hybridized carbons (Fsp3) is 0.100. The summed E-state index contributed by atoms with van der Waals surface area (Å²) in [5.41, 5.74) is 3.52. The molecule has 0 unspecified atom stereocenters. The SMILES string of the molecule is Cn1cccc1C=Cc1ccc(OCc2ccccc2)cc1. The second kappa shape index (κ2) is 6.81. The van der Waals surface area contributed by atoms with Gasteiger partial charge in [-0.2, -0.15) is 0 Å². The molecule has 0 saturated carbocycles. The highest BCUT2D eigenvalue weighted by atomic mass is 16.5. The fourth-order valence-electron chi connectivity index (χ4n) is 2.25. The number of hydrogen-bond donors (Lipinski definition) is 0. The van der Waals surface area contributed by atoms with Gasteiger partial charge in [-0.25, -0.2) is 0 Å². The number of ether oxygens (including phenoxy) is 1. The van der Waals surface area contributed by atoms with Crippen molar-refractivity contribution in [1.82, 2.24) is 4.57 Å². The molecule has 3 rings (SSSR count). The quantitative estimate of drug-likeness (QED) is 0.659. The van der Waals surface area contributed by atoms with Gasteiger partial charge in [0.25, 0.3) is 0 Å². The van der Waals surface area contributed by atoms with Crippen LogP contribution in [0.4, 0.5) is 0 Å². The van der Waals surface area contributed by atoms with Crippen LogP contribution in [-0.4, -0.2) is 4.57 Å². The van der Waals surface area contributed by atoms with Gasteiger partial charge in [-0.05, 0) is 41.5 Å². The average molecular weight is 289 g/mol. The largest absolute Gasteiger partial charge is 0.489 e. The van der Waals surface area contributed by atoms with E-state index in [1.807, 2.05) is 49.6 Å². The van der Waals surface area contributed by atoms with Crippen molar-refractivity contribution in [2.75, 3.05) is 0 Å². The molecule has 110 valence electrons. The lowest BCUT2D eigenvalue weighted by Gasteiger charge is -2.06. The molecule has 0 aliphatic rings. The Labute approximate surface area is 131 Å². The topological polar surface area (TPSA) is 14.2 Å². The van der Waals surface area contributed by atoms with E-state index in [2.05, 4.69) is 47.1 Å². The first-order chi connectivity index (χ1) is 10.8. The second-order valence-corrected chi connectivity index (χ2v) is 5.22. The molecule has 0 N–H and O–H groups in total. The number of aryl methyl sites for hydroxylation is 1. The van der Waals surface area contributed by atoms with Gasteiger partial charge in [0.15, 0.2) is 0 Å². The first-order valence-corrected chi connectivity index (χ1v) is 7.37. The molecular weight excluding hydrogens is 270 g/mol. The van der Waals surface area contributed by atoms with E-state index >= 15 is 0 Å². The lowest BCUT2D eigenvalue weighted by Crippen LogP contribution is -1.94. The molecule has 0 spiro atoms. The maximum atomic E-state index is 5.79. The number of hydrogen-bond acceptors (Lipinski definition) is 1. The Morgan fingerprint density at radius 3 is 2.32 bits per heavy atom. The molecule has 0 atom stereocenters. The van der Waals surface area contributed by atoms with E-state index in [1.54, 1.807) is 0 Å². The predicted molar refractivity (Wildman–Crippen MR) is 91.6 cm³/mol. The van der Waals surface area contributed by atoms with Crippen molar-refractivity contribution in [3.05, 3.63) is 89.7 Å². The summed E-state index contributed by atoms with van der Waals surface area (Å²) < 4.78 is 7.88. The summed E-state index contributed by atoms with van der Waals surface area (Å²) in [5.74, 6) is 0.889. The first kappa shape index (κ1) is 14.2. The lowest BCUT2D eigenvalue weighted by molar-refractivity contribution is 0.306. The minimum absolute atomic E-state index is 0.597. The van der Waals surface area contributed by atoms with Crippen LogP contribution in [0.3, 0.4) is 0 Å². The minimum Gasteiger partial charge on any atom is -0.489 e. The molecule has 1 heterocycles. The summed E-state index contributed by atoms with van der Waals surface area (Å²) in [6.07, 6.45) is 6.26. The molecule has 3 aromatic rings. The highest BCUT2D eigenvalue weighted by Crippen LogP contribution is 2.16. The molecular formula is C20H19NO. The zero-order valence-electron chi connectivity index (χ0n) is 12.6. The Bertz CT molecular complexity index is 739. The molecule has 0 bridgehead atoms. The Balaban J connectivity index is 1.61. The third kappa shape index (κ3) is 3.67. The standard InChI is InChI=1S/C20H19NO/c1-21-15-5-8-19(21)12-9-17-10-13-20(14-11-17)22-16-18-6-3-2-4-7-18/h2-15H,16H2,1H3. The highest BCUT2D eigenvalue weighted by molar-refractivity contribution is 5.68. The van der Waals surface area contributed by atoms with E-state index in [-0.39, 0.29) is 0 Å². The van der Waals surface area contributed by atoms with E-state index in [0.29, 0.717) is 6.61 Å². The van der Waals surface area contributed by atoms with E-state index in [9.17, 15) is 0 Å². The predicted octanol–water partition coefficient (Wildman–Crippen LogP) is 4.77. The summed E-state index contributed by atoms with van der Waals surface area (Å²) in [6.45, 7) is 0.597. The van der Waals surface area contributed by atoms with E-state index in [4.69, 9.17) is 4.74 Å². The van der Waals surface area contributed by atoms with Crippen LogP contribution in [0.15, 0.2) is 72.9 Å². The van der Waals surface area contributed by atoms with Crippen molar-refractivity contribution in [2.45, 2.75) is 6.61 Å². The van der Waals surface area contributed by atoms with E-state index < -0.39 is 0 Å². The van der Waals surface area contributed by atoms with E-state index in [1.165, 1.54) is 11.3 Å². The smallest absolute Gasteiger partial charge is 0.119 e. The molecule has 0 amide bonds. The van der Waals surface area contributed by atoms with Crippen molar-refractivity contribution in [2.24, 2.45) is 7.05 Å². The fourth-order valence-corrected chi connectivity index (χ4v) is 2.25. The summed E-state index contributed by atoms with van der Waals surface area (Å²) >= 11 is 0. The van der Waals surface area contributed by atoms with Crippen molar-refractivity contribution in [3.8, 4) is 5.75 Å². The minimum atomic E-state index is 0.597. The van der Waals surface area contributed by atoms with Gasteiger partial charge in [-0.15, -0.1) is 0 Å². The molecule has 1 aromatic heterocycles.